The Morgan fingerprint density at radius 2 is 1.88 bits per heavy atom. The van der Waals surface area contributed by atoms with Gasteiger partial charge in [0.05, 0.1) is 0 Å². The van der Waals surface area contributed by atoms with Crippen molar-refractivity contribution < 1.29 is 9.59 Å². The van der Waals surface area contributed by atoms with E-state index in [2.05, 4.69) is 24.6 Å². The number of hydrogen-bond acceptors (Lipinski definition) is 3. The Morgan fingerprint density at radius 1 is 1.29 bits per heavy atom. The van der Waals surface area contributed by atoms with Crippen LogP contribution in [0.4, 0.5) is 4.79 Å². The summed E-state index contributed by atoms with van der Waals surface area (Å²) in [6, 6.07) is 0.126. The SMILES string of the molecule is CC1CCCC(C)N1NC(=O)NC(=O)CCCl. The van der Waals surface area contributed by atoms with Crippen molar-refractivity contribution >= 4 is 23.5 Å². The monoisotopic (exact) mass is 261 g/mol. The van der Waals surface area contributed by atoms with E-state index in [0.29, 0.717) is 12.1 Å². The largest absolute Gasteiger partial charge is 0.335 e. The van der Waals surface area contributed by atoms with Crippen LogP contribution in [0, 0.1) is 0 Å². The number of carbonyl (C=O) groups excluding carboxylic acids is 2. The molecule has 3 amide bonds. The summed E-state index contributed by atoms with van der Waals surface area (Å²) in [5.74, 6) is -0.134. The quantitative estimate of drug-likeness (QED) is 0.759. The van der Waals surface area contributed by atoms with Crippen LogP contribution in [0.1, 0.15) is 39.5 Å². The van der Waals surface area contributed by atoms with E-state index < -0.39 is 6.03 Å². The predicted octanol–water partition coefficient (Wildman–Crippen LogP) is 1.62. The molecule has 0 aromatic heterocycles. The van der Waals surface area contributed by atoms with Crippen LogP contribution in [0.5, 0.6) is 0 Å². The highest BCUT2D eigenvalue weighted by Crippen LogP contribution is 2.19. The average Bonchev–Trinajstić information content (AvgIpc) is 2.24. The molecule has 0 bridgehead atoms. The first kappa shape index (κ1) is 14.3. The lowest BCUT2D eigenvalue weighted by atomic mass is 10.00. The predicted molar refractivity (Wildman–Crippen MR) is 66.6 cm³/mol. The van der Waals surface area contributed by atoms with Gasteiger partial charge in [-0.05, 0) is 26.7 Å². The third-order valence-corrected chi connectivity index (χ3v) is 3.19. The van der Waals surface area contributed by atoms with Gasteiger partial charge in [-0.25, -0.2) is 9.80 Å². The maximum atomic E-state index is 11.6. The van der Waals surface area contributed by atoms with Gasteiger partial charge in [0.2, 0.25) is 5.91 Å². The van der Waals surface area contributed by atoms with Crippen LogP contribution < -0.4 is 10.7 Å². The summed E-state index contributed by atoms with van der Waals surface area (Å²) in [5.41, 5.74) is 2.73. The number of imide groups is 1. The molecule has 0 saturated carbocycles. The second-order valence-corrected chi connectivity index (χ2v) is 4.84. The van der Waals surface area contributed by atoms with E-state index in [-0.39, 0.29) is 18.2 Å². The summed E-state index contributed by atoms with van der Waals surface area (Å²) in [5, 5.41) is 4.16. The van der Waals surface area contributed by atoms with Crippen LogP contribution in [0.3, 0.4) is 0 Å². The van der Waals surface area contributed by atoms with E-state index in [1.54, 1.807) is 0 Å². The zero-order valence-electron chi connectivity index (χ0n) is 10.3. The normalized spacial score (nSPS) is 25.4. The van der Waals surface area contributed by atoms with Gasteiger partial charge >= 0.3 is 6.03 Å². The molecular weight excluding hydrogens is 242 g/mol. The Morgan fingerprint density at radius 3 is 2.41 bits per heavy atom. The molecule has 17 heavy (non-hydrogen) atoms. The van der Waals surface area contributed by atoms with Crippen molar-refractivity contribution in [2.45, 2.75) is 51.6 Å². The fourth-order valence-corrected chi connectivity index (χ4v) is 2.23. The molecule has 1 saturated heterocycles. The summed E-state index contributed by atoms with van der Waals surface area (Å²) in [4.78, 5) is 22.7. The highest BCUT2D eigenvalue weighted by atomic mass is 35.5. The van der Waals surface area contributed by atoms with Crippen molar-refractivity contribution in [1.29, 1.82) is 0 Å². The summed E-state index contributed by atoms with van der Waals surface area (Å²) in [7, 11) is 0. The van der Waals surface area contributed by atoms with Crippen molar-refractivity contribution in [3.05, 3.63) is 0 Å². The van der Waals surface area contributed by atoms with E-state index in [4.69, 9.17) is 11.6 Å². The molecule has 1 aliphatic heterocycles. The Bertz CT molecular complexity index is 276. The molecule has 5 nitrogen and oxygen atoms in total. The number of alkyl halides is 1. The molecule has 98 valence electrons. The van der Waals surface area contributed by atoms with Crippen LogP contribution in [-0.4, -0.2) is 34.9 Å². The molecule has 0 aromatic rings. The van der Waals surface area contributed by atoms with E-state index in [1.807, 2.05) is 5.01 Å². The number of urea groups is 1. The number of halogens is 1. The third-order valence-electron chi connectivity index (χ3n) is 3.00. The summed E-state index contributed by atoms with van der Waals surface area (Å²) < 4.78 is 0. The summed E-state index contributed by atoms with van der Waals surface area (Å²) in [6.07, 6.45) is 3.44. The third kappa shape index (κ3) is 4.52. The average molecular weight is 262 g/mol. The lowest BCUT2D eigenvalue weighted by molar-refractivity contribution is -0.119. The lowest BCUT2D eigenvalue weighted by Gasteiger charge is -2.38. The minimum absolute atomic E-state index is 0.153. The van der Waals surface area contributed by atoms with E-state index >= 15 is 0 Å². The van der Waals surface area contributed by atoms with Crippen LogP contribution in [0.15, 0.2) is 0 Å². The molecule has 2 atom stereocenters. The lowest BCUT2D eigenvalue weighted by Crippen LogP contribution is -2.57. The number of carbonyl (C=O) groups is 2. The van der Waals surface area contributed by atoms with Gasteiger partial charge in [-0.1, -0.05) is 6.42 Å². The second-order valence-electron chi connectivity index (χ2n) is 4.46. The molecule has 0 radical (unpaired) electrons. The van der Waals surface area contributed by atoms with Crippen molar-refractivity contribution in [3.8, 4) is 0 Å². The van der Waals surface area contributed by atoms with Gasteiger partial charge < -0.3 is 0 Å². The van der Waals surface area contributed by atoms with Gasteiger partial charge in [-0.3, -0.25) is 15.5 Å². The first-order valence-corrected chi connectivity index (χ1v) is 6.52. The number of piperidine rings is 1. The summed E-state index contributed by atoms with van der Waals surface area (Å²) >= 11 is 5.42. The van der Waals surface area contributed by atoms with E-state index in [0.717, 1.165) is 12.8 Å². The maximum absolute atomic E-state index is 11.6. The smallest absolute Gasteiger partial charge is 0.277 e. The topological polar surface area (TPSA) is 61.4 Å². The minimum Gasteiger partial charge on any atom is -0.277 e. The number of amides is 3. The van der Waals surface area contributed by atoms with Gasteiger partial charge in [0.25, 0.3) is 0 Å². The van der Waals surface area contributed by atoms with Crippen LogP contribution in [0.25, 0.3) is 0 Å². The number of rotatable bonds is 3. The number of hydrazine groups is 1. The number of hydrogen-bond donors (Lipinski definition) is 2. The van der Waals surface area contributed by atoms with Crippen LogP contribution in [0.2, 0.25) is 0 Å². The molecule has 0 aromatic carbocycles. The zero-order chi connectivity index (χ0) is 12.8. The van der Waals surface area contributed by atoms with E-state index in [1.165, 1.54) is 6.42 Å². The van der Waals surface area contributed by atoms with Gasteiger partial charge in [-0.2, -0.15) is 0 Å². The highest BCUT2D eigenvalue weighted by molar-refractivity contribution is 6.19. The molecule has 1 aliphatic rings. The standard InChI is InChI=1S/C11H20ClN3O2/c1-8-4-3-5-9(2)15(8)14-11(17)13-10(16)6-7-12/h8-9H,3-7H2,1-2H3,(H2,13,14,16,17). The molecule has 2 unspecified atom stereocenters. The van der Waals surface area contributed by atoms with Gasteiger partial charge in [-0.15, -0.1) is 11.6 Å². The van der Waals surface area contributed by atoms with Crippen molar-refractivity contribution in [3.63, 3.8) is 0 Å². The van der Waals surface area contributed by atoms with Gasteiger partial charge in [0.15, 0.2) is 0 Å². The Kier molecular flexibility index (Phi) is 5.71. The number of nitrogens with one attached hydrogen (secondary N) is 2. The Balaban J connectivity index is 2.41. The van der Waals surface area contributed by atoms with Crippen molar-refractivity contribution in [2.24, 2.45) is 0 Å². The molecule has 2 N–H and O–H groups in total. The van der Waals surface area contributed by atoms with Crippen LogP contribution in [-0.2, 0) is 4.79 Å². The van der Waals surface area contributed by atoms with Crippen molar-refractivity contribution in [1.82, 2.24) is 15.8 Å². The molecule has 1 fully saturated rings. The first-order chi connectivity index (χ1) is 8.04. The highest BCUT2D eigenvalue weighted by Gasteiger charge is 2.26. The molecular formula is C11H20ClN3O2. The van der Waals surface area contributed by atoms with Gasteiger partial charge in [0, 0.05) is 24.4 Å². The second kappa shape index (κ2) is 6.81. The first-order valence-electron chi connectivity index (χ1n) is 5.99. The van der Waals surface area contributed by atoms with Crippen LogP contribution >= 0.6 is 11.6 Å². The maximum Gasteiger partial charge on any atom is 0.335 e. The summed E-state index contributed by atoms with van der Waals surface area (Å²) in [6.45, 7) is 4.13. The molecule has 1 heterocycles. The minimum atomic E-state index is -0.472. The zero-order valence-corrected chi connectivity index (χ0v) is 11.1. The van der Waals surface area contributed by atoms with Gasteiger partial charge in [0.1, 0.15) is 0 Å². The van der Waals surface area contributed by atoms with Crippen molar-refractivity contribution in [2.75, 3.05) is 5.88 Å². The number of nitrogens with zero attached hydrogens (tertiary/aromatic N) is 1. The van der Waals surface area contributed by atoms with E-state index in [9.17, 15) is 9.59 Å². The Hall–Kier alpha value is -0.810. The molecule has 0 spiro atoms. The fourth-order valence-electron chi connectivity index (χ4n) is 2.06. The fraction of sp³-hybridized carbons (Fsp3) is 0.818. The Labute approximate surface area is 107 Å². The molecule has 0 aliphatic carbocycles. The molecule has 1 rings (SSSR count). The molecule has 6 heteroatoms.